The van der Waals surface area contributed by atoms with Gasteiger partial charge < -0.3 is 16.2 Å². The van der Waals surface area contributed by atoms with Crippen molar-refractivity contribution < 1.29 is 9.90 Å². The van der Waals surface area contributed by atoms with Crippen molar-refractivity contribution in [2.45, 2.75) is 25.5 Å². The highest BCUT2D eigenvalue weighted by atomic mass is 16.3. The summed E-state index contributed by atoms with van der Waals surface area (Å²) in [6.45, 7) is 5.77. The zero-order valence-electron chi connectivity index (χ0n) is 13.8. The van der Waals surface area contributed by atoms with Crippen LogP contribution in [0.25, 0.3) is 5.57 Å². The number of nitrogens with one attached hydrogen (secondary N) is 1. The third-order valence-electron chi connectivity index (χ3n) is 3.77. The number of nitrogens with two attached hydrogens (primary N) is 1. The Balaban J connectivity index is 1.88. The van der Waals surface area contributed by atoms with E-state index < -0.39 is 12.1 Å². The van der Waals surface area contributed by atoms with Crippen LogP contribution in [0, 0.1) is 0 Å². The van der Waals surface area contributed by atoms with Crippen LogP contribution in [0.1, 0.15) is 28.4 Å². The van der Waals surface area contributed by atoms with Crippen molar-refractivity contribution in [1.29, 1.82) is 0 Å². The Kier molecular flexibility index (Phi) is 6.23. The second kappa shape index (κ2) is 8.38. The zero-order valence-corrected chi connectivity index (χ0v) is 13.8. The van der Waals surface area contributed by atoms with E-state index in [-0.39, 0.29) is 12.5 Å². The van der Waals surface area contributed by atoms with Crippen LogP contribution >= 0.6 is 0 Å². The number of hydrogen-bond acceptors (Lipinski definition) is 4. The summed E-state index contributed by atoms with van der Waals surface area (Å²) in [5.74, 6) is -0.295. The molecule has 2 aromatic rings. The van der Waals surface area contributed by atoms with Crippen LogP contribution in [0.2, 0.25) is 0 Å². The summed E-state index contributed by atoms with van der Waals surface area (Å²) in [5, 5.41) is 12.8. The Labute approximate surface area is 142 Å². The van der Waals surface area contributed by atoms with Gasteiger partial charge in [-0.3, -0.25) is 9.78 Å². The molecule has 0 aliphatic carbocycles. The molecular formula is C19H23N3O2. The van der Waals surface area contributed by atoms with Crippen molar-refractivity contribution in [3.05, 3.63) is 72.1 Å². The molecule has 0 saturated carbocycles. The lowest BCUT2D eigenvalue weighted by atomic mass is 10.0. The Bertz CT molecular complexity index is 701. The number of pyridine rings is 1. The van der Waals surface area contributed by atoms with E-state index in [4.69, 9.17) is 5.73 Å². The highest BCUT2D eigenvalue weighted by Crippen LogP contribution is 2.11. The molecule has 5 heteroatoms. The first-order chi connectivity index (χ1) is 11.5. The molecule has 0 bridgehead atoms. The van der Waals surface area contributed by atoms with Crippen molar-refractivity contribution in [2.24, 2.45) is 5.73 Å². The predicted molar refractivity (Wildman–Crippen MR) is 95.4 cm³/mol. The SMILES string of the molecule is C=C(C)c1cncc(C(=O)NC[C@@H](O)[C@@H](N)Cc2ccccc2)c1. The molecule has 0 saturated heterocycles. The molecule has 5 nitrogen and oxygen atoms in total. The first-order valence-electron chi connectivity index (χ1n) is 7.84. The van der Waals surface area contributed by atoms with E-state index in [1.807, 2.05) is 37.3 Å². The Morgan fingerprint density at radius 1 is 1.29 bits per heavy atom. The van der Waals surface area contributed by atoms with Crippen LogP contribution in [0.4, 0.5) is 0 Å². The number of carbonyl (C=O) groups is 1. The predicted octanol–water partition coefficient (Wildman–Crippen LogP) is 1.78. The van der Waals surface area contributed by atoms with E-state index >= 15 is 0 Å². The Morgan fingerprint density at radius 2 is 1.96 bits per heavy atom. The Hall–Kier alpha value is -2.50. The molecule has 0 fully saturated rings. The summed E-state index contributed by atoms with van der Waals surface area (Å²) in [6, 6.07) is 11.0. The van der Waals surface area contributed by atoms with Crippen molar-refractivity contribution in [2.75, 3.05) is 6.54 Å². The summed E-state index contributed by atoms with van der Waals surface area (Å²) in [6.07, 6.45) is 2.86. The number of aliphatic hydroxyl groups excluding tert-OH is 1. The van der Waals surface area contributed by atoms with E-state index in [1.54, 1.807) is 12.3 Å². The Morgan fingerprint density at radius 3 is 2.62 bits per heavy atom. The number of carbonyl (C=O) groups excluding carboxylic acids is 1. The lowest BCUT2D eigenvalue weighted by molar-refractivity contribution is 0.0896. The molecule has 1 aromatic heterocycles. The molecule has 1 aromatic carbocycles. The van der Waals surface area contributed by atoms with E-state index in [9.17, 15) is 9.90 Å². The van der Waals surface area contributed by atoms with Gasteiger partial charge in [0.05, 0.1) is 11.7 Å². The van der Waals surface area contributed by atoms with Crippen molar-refractivity contribution >= 4 is 11.5 Å². The van der Waals surface area contributed by atoms with Gasteiger partial charge in [-0.25, -0.2) is 0 Å². The molecule has 1 heterocycles. The molecule has 2 atom stereocenters. The topological polar surface area (TPSA) is 88.2 Å². The van der Waals surface area contributed by atoms with Crippen LogP contribution in [0.5, 0.6) is 0 Å². The van der Waals surface area contributed by atoms with Crippen LogP contribution < -0.4 is 11.1 Å². The van der Waals surface area contributed by atoms with Crippen molar-refractivity contribution in [3.8, 4) is 0 Å². The summed E-state index contributed by atoms with van der Waals surface area (Å²) < 4.78 is 0. The molecule has 2 rings (SSSR count). The summed E-state index contributed by atoms with van der Waals surface area (Å²) in [4.78, 5) is 16.2. The largest absolute Gasteiger partial charge is 0.390 e. The van der Waals surface area contributed by atoms with Gasteiger partial charge in [0, 0.05) is 25.0 Å². The number of allylic oxidation sites excluding steroid dienone is 1. The van der Waals surface area contributed by atoms with Crippen LogP contribution in [-0.4, -0.2) is 34.7 Å². The summed E-state index contributed by atoms with van der Waals surface area (Å²) in [5.41, 5.74) is 9.14. The molecule has 0 spiro atoms. The third kappa shape index (κ3) is 5.01. The third-order valence-corrected chi connectivity index (χ3v) is 3.77. The van der Waals surface area contributed by atoms with Gasteiger partial charge in [-0.05, 0) is 36.1 Å². The number of aliphatic hydroxyl groups is 1. The fraction of sp³-hybridized carbons (Fsp3) is 0.263. The molecule has 126 valence electrons. The fourth-order valence-electron chi connectivity index (χ4n) is 2.27. The smallest absolute Gasteiger partial charge is 0.252 e. The van der Waals surface area contributed by atoms with Gasteiger partial charge in [-0.1, -0.05) is 36.9 Å². The lowest BCUT2D eigenvalue weighted by Crippen LogP contribution is -2.44. The standard InChI is InChI=1S/C19H23N3O2/c1-13(2)15-9-16(11-21-10-15)19(24)22-12-18(23)17(20)8-14-6-4-3-5-7-14/h3-7,9-11,17-18,23H,1,8,12,20H2,2H3,(H,22,24)/t17-,18+/m0/s1. The highest BCUT2D eigenvalue weighted by molar-refractivity contribution is 5.94. The van der Waals surface area contributed by atoms with Gasteiger partial charge >= 0.3 is 0 Å². The molecular weight excluding hydrogens is 302 g/mol. The molecule has 0 aliphatic heterocycles. The van der Waals surface area contributed by atoms with E-state index in [2.05, 4.69) is 16.9 Å². The van der Waals surface area contributed by atoms with Gasteiger partial charge in [0.1, 0.15) is 0 Å². The van der Waals surface area contributed by atoms with E-state index in [0.717, 1.165) is 16.7 Å². The monoisotopic (exact) mass is 325 g/mol. The van der Waals surface area contributed by atoms with E-state index in [1.165, 1.54) is 6.20 Å². The minimum atomic E-state index is -0.827. The summed E-state index contributed by atoms with van der Waals surface area (Å²) >= 11 is 0. The normalized spacial score (nSPS) is 13.1. The fourth-order valence-corrected chi connectivity index (χ4v) is 2.27. The van der Waals surface area contributed by atoms with Crippen LogP contribution in [-0.2, 0) is 6.42 Å². The average molecular weight is 325 g/mol. The maximum absolute atomic E-state index is 12.2. The first-order valence-corrected chi connectivity index (χ1v) is 7.84. The van der Waals surface area contributed by atoms with Crippen molar-refractivity contribution in [1.82, 2.24) is 10.3 Å². The molecule has 0 aliphatic rings. The number of benzene rings is 1. The minimum Gasteiger partial charge on any atom is -0.390 e. The molecule has 0 unspecified atom stereocenters. The van der Waals surface area contributed by atoms with Gasteiger partial charge in [-0.15, -0.1) is 0 Å². The quantitative estimate of drug-likeness (QED) is 0.724. The number of amides is 1. The molecule has 24 heavy (non-hydrogen) atoms. The molecule has 1 amide bonds. The highest BCUT2D eigenvalue weighted by Gasteiger charge is 2.17. The van der Waals surface area contributed by atoms with Crippen LogP contribution in [0.15, 0.2) is 55.4 Å². The van der Waals surface area contributed by atoms with Gasteiger partial charge in [0.15, 0.2) is 0 Å². The second-order valence-electron chi connectivity index (χ2n) is 5.87. The maximum atomic E-state index is 12.2. The number of nitrogens with zero attached hydrogens (tertiary/aromatic N) is 1. The summed E-state index contributed by atoms with van der Waals surface area (Å²) in [7, 11) is 0. The number of rotatable bonds is 7. The van der Waals surface area contributed by atoms with Gasteiger partial charge in [-0.2, -0.15) is 0 Å². The maximum Gasteiger partial charge on any atom is 0.252 e. The van der Waals surface area contributed by atoms with Crippen molar-refractivity contribution in [3.63, 3.8) is 0 Å². The number of aromatic nitrogens is 1. The molecule has 4 N–H and O–H groups in total. The minimum absolute atomic E-state index is 0.0874. The first kappa shape index (κ1) is 17.8. The van der Waals surface area contributed by atoms with Gasteiger partial charge in [0.2, 0.25) is 0 Å². The molecule has 0 radical (unpaired) electrons. The van der Waals surface area contributed by atoms with Gasteiger partial charge in [0.25, 0.3) is 5.91 Å². The second-order valence-corrected chi connectivity index (χ2v) is 5.87. The average Bonchev–Trinajstić information content (AvgIpc) is 2.60. The van der Waals surface area contributed by atoms with Crippen LogP contribution in [0.3, 0.4) is 0 Å². The van der Waals surface area contributed by atoms with E-state index in [0.29, 0.717) is 12.0 Å². The lowest BCUT2D eigenvalue weighted by Gasteiger charge is -2.19. The zero-order chi connectivity index (χ0) is 17.5. The number of hydrogen-bond donors (Lipinski definition) is 3.